The van der Waals surface area contributed by atoms with Crippen LogP contribution in [0.15, 0.2) is 29.4 Å². The van der Waals surface area contributed by atoms with Crippen molar-refractivity contribution in [1.29, 1.82) is 0 Å². The summed E-state index contributed by atoms with van der Waals surface area (Å²) in [5, 5.41) is 18.7. The van der Waals surface area contributed by atoms with E-state index in [4.69, 9.17) is 0 Å². The number of thioether (sulfide) groups is 1. The quantitative estimate of drug-likeness (QED) is 0.654. The molecule has 1 aromatic heterocycles. The monoisotopic (exact) mass is 428 g/mol. The Morgan fingerprint density at radius 3 is 2.57 bits per heavy atom. The predicted octanol–water partition coefficient (Wildman–Crippen LogP) is 3.58. The second-order valence-corrected chi connectivity index (χ2v) is 8.98. The SMILES string of the molecule is O=C(CSc1nnnn1C1CCCCC1)Nc1ccccc1C(=O)NC1CCCC1. The molecule has 4 rings (SSSR count). The average molecular weight is 429 g/mol. The number of anilines is 1. The molecule has 8 nitrogen and oxygen atoms in total. The molecule has 0 spiro atoms. The predicted molar refractivity (Wildman–Crippen MR) is 115 cm³/mol. The van der Waals surface area contributed by atoms with Crippen molar-refractivity contribution in [3.05, 3.63) is 29.8 Å². The standard InChI is InChI=1S/C21H28N6O2S/c28-19(14-30-21-24-25-26-27(21)16-10-2-1-3-11-16)23-18-13-7-6-12-17(18)20(29)22-15-8-4-5-9-15/h6-7,12-13,15-16H,1-5,8-11,14H2,(H,22,29)(H,23,28). The molecule has 0 aliphatic heterocycles. The Labute approximate surface area is 180 Å². The van der Waals surface area contributed by atoms with Crippen LogP contribution in [-0.4, -0.2) is 43.8 Å². The first-order valence-electron chi connectivity index (χ1n) is 10.8. The van der Waals surface area contributed by atoms with Crippen molar-refractivity contribution in [2.24, 2.45) is 0 Å². The fourth-order valence-corrected chi connectivity index (χ4v) is 5.02. The summed E-state index contributed by atoms with van der Waals surface area (Å²) in [6.07, 6.45) is 10.1. The third-order valence-corrected chi connectivity index (χ3v) is 6.79. The van der Waals surface area contributed by atoms with Crippen molar-refractivity contribution in [1.82, 2.24) is 25.5 Å². The maximum atomic E-state index is 12.7. The number of rotatable bonds is 7. The van der Waals surface area contributed by atoms with Crippen LogP contribution in [0.1, 0.15) is 74.2 Å². The maximum Gasteiger partial charge on any atom is 0.253 e. The lowest BCUT2D eigenvalue weighted by atomic mass is 9.96. The van der Waals surface area contributed by atoms with Gasteiger partial charge in [-0.1, -0.05) is 56.0 Å². The van der Waals surface area contributed by atoms with E-state index in [2.05, 4.69) is 26.2 Å². The van der Waals surface area contributed by atoms with Crippen molar-refractivity contribution in [3.8, 4) is 0 Å². The van der Waals surface area contributed by atoms with Gasteiger partial charge in [-0.15, -0.1) is 5.10 Å². The van der Waals surface area contributed by atoms with E-state index in [9.17, 15) is 9.59 Å². The second kappa shape index (κ2) is 10.1. The molecule has 2 aliphatic rings. The third kappa shape index (κ3) is 5.19. The Kier molecular flexibility index (Phi) is 6.99. The first-order valence-corrected chi connectivity index (χ1v) is 11.8. The van der Waals surface area contributed by atoms with Crippen molar-refractivity contribution in [2.75, 3.05) is 11.1 Å². The number of aromatic nitrogens is 4. The van der Waals surface area contributed by atoms with E-state index in [0.717, 1.165) is 38.5 Å². The molecule has 2 amide bonds. The zero-order valence-electron chi connectivity index (χ0n) is 17.0. The van der Waals surface area contributed by atoms with Crippen LogP contribution in [0.5, 0.6) is 0 Å². The fraction of sp³-hybridized carbons (Fsp3) is 0.571. The minimum atomic E-state index is -0.181. The fourth-order valence-electron chi connectivity index (χ4n) is 4.28. The molecule has 1 heterocycles. The molecular weight excluding hydrogens is 400 g/mol. The van der Waals surface area contributed by atoms with Gasteiger partial charge in [0, 0.05) is 6.04 Å². The average Bonchev–Trinajstić information content (AvgIpc) is 3.45. The molecule has 0 bridgehead atoms. The minimum Gasteiger partial charge on any atom is -0.349 e. The summed E-state index contributed by atoms with van der Waals surface area (Å²) < 4.78 is 1.86. The van der Waals surface area contributed by atoms with E-state index in [1.807, 2.05) is 16.8 Å². The zero-order valence-corrected chi connectivity index (χ0v) is 17.9. The van der Waals surface area contributed by atoms with Gasteiger partial charge in [0.05, 0.1) is 23.0 Å². The van der Waals surface area contributed by atoms with Gasteiger partial charge in [0.2, 0.25) is 11.1 Å². The molecule has 9 heteroatoms. The van der Waals surface area contributed by atoms with Crippen LogP contribution in [0.2, 0.25) is 0 Å². The van der Waals surface area contributed by atoms with Crippen LogP contribution >= 0.6 is 11.8 Å². The first kappa shape index (κ1) is 20.8. The van der Waals surface area contributed by atoms with Gasteiger partial charge >= 0.3 is 0 Å². The van der Waals surface area contributed by atoms with Gasteiger partial charge < -0.3 is 10.6 Å². The topological polar surface area (TPSA) is 102 Å². The summed E-state index contributed by atoms with van der Waals surface area (Å²) in [4.78, 5) is 25.2. The highest BCUT2D eigenvalue weighted by Crippen LogP contribution is 2.30. The summed E-state index contributed by atoms with van der Waals surface area (Å²) in [6.45, 7) is 0. The molecule has 0 saturated heterocycles. The molecule has 0 atom stereocenters. The van der Waals surface area contributed by atoms with Gasteiger partial charge in [0.1, 0.15) is 0 Å². The van der Waals surface area contributed by atoms with E-state index < -0.39 is 0 Å². The zero-order chi connectivity index (χ0) is 20.8. The molecule has 2 aromatic rings. The summed E-state index contributed by atoms with van der Waals surface area (Å²) in [7, 11) is 0. The highest BCUT2D eigenvalue weighted by molar-refractivity contribution is 7.99. The number of benzene rings is 1. The molecule has 160 valence electrons. The number of para-hydroxylation sites is 1. The largest absolute Gasteiger partial charge is 0.349 e. The lowest BCUT2D eigenvalue weighted by Crippen LogP contribution is -2.33. The van der Waals surface area contributed by atoms with Gasteiger partial charge in [-0.3, -0.25) is 9.59 Å². The summed E-state index contributed by atoms with van der Waals surface area (Å²) >= 11 is 1.33. The number of carbonyl (C=O) groups excluding carboxylic acids is 2. The normalized spacial score (nSPS) is 17.7. The van der Waals surface area contributed by atoms with Crippen LogP contribution in [0, 0.1) is 0 Å². The van der Waals surface area contributed by atoms with Gasteiger partial charge in [-0.05, 0) is 48.2 Å². The summed E-state index contributed by atoms with van der Waals surface area (Å²) in [5.74, 6) is -0.128. The van der Waals surface area contributed by atoms with E-state index in [0.29, 0.717) is 22.4 Å². The minimum absolute atomic E-state index is 0.133. The third-order valence-electron chi connectivity index (χ3n) is 5.85. The highest BCUT2D eigenvalue weighted by atomic mass is 32.2. The number of carbonyl (C=O) groups is 2. The Morgan fingerprint density at radius 1 is 1.03 bits per heavy atom. The van der Waals surface area contributed by atoms with Gasteiger partial charge in [-0.25, -0.2) is 4.68 Å². The Balaban J connectivity index is 1.35. The smallest absolute Gasteiger partial charge is 0.253 e. The highest BCUT2D eigenvalue weighted by Gasteiger charge is 2.22. The Hall–Kier alpha value is -2.42. The lowest BCUT2D eigenvalue weighted by Gasteiger charge is -2.21. The maximum absolute atomic E-state index is 12.7. The van der Waals surface area contributed by atoms with E-state index in [1.165, 1.54) is 31.0 Å². The molecule has 2 saturated carbocycles. The molecule has 2 N–H and O–H groups in total. The first-order chi connectivity index (χ1) is 14.7. The number of tetrazole rings is 1. The molecule has 0 unspecified atom stereocenters. The van der Waals surface area contributed by atoms with Crippen molar-refractivity contribution in [2.45, 2.75) is 75.0 Å². The molecular formula is C21H28N6O2S. The molecule has 2 fully saturated rings. The van der Waals surface area contributed by atoms with Gasteiger partial charge in [-0.2, -0.15) is 0 Å². The number of hydrogen-bond donors (Lipinski definition) is 2. The van der Waals surface area contributed by atoms with Crippen LogP contribution in [0.25, 0.3) is 0 Å². The van der Waals surface area contributed by atoms with Crippen molar-refractivity contribution < 1.29 is 9.59 Å². The summed E-state index contributed by atoms with van der Waals surface area (Å²) in [6, 6.07) is 7.69. The van der Waals surface area contributed by atoms with E-state index in [1.54, 1.807) is 12.1 Å². The van der Waals surface area contributed by atoms with E-state index >= 15 is 0 Å². The number of amides is 2. The second-order valence-electron chi connectivity index (χ2n) is 8.04. The van der Waals surface area contributed by atoms with Gasteiger partial charge in [0.15, 0.2) is 0 Å². The molecule has 0 radical (unpaired) electrons. The van der Waals surface area contributed by atoms with Gasteiger partial charge in [0.25, 0.3) is 5.91 Å². The number of nitrogens with zero attached hydrogens (tertiary/aromatic N) is 4. The lowest BCUT2D eigenvalue weighted by molar-refractivity contribution is -0.113. The molecule has 1 aromatic carbocycles. The summed E-state index contributed by atoms with van der Waals surface area (Å²) in [5.41, 5.74) is 1.03. The van der Waals surface area contributed by atoms with Crippen LogP contribution in [-0.2, 0) is 4.79 Å². The van der Waals surface area contributed by atoms with E-state index in [-0.39, 0.29) is 23.6 Å². The number of nitrogens with one attached hydrogen (secondary N) is 2. The van der Waals surface area contributed by atoms with Crippen LogP contribution in [0.4, 0.5) is 5.69 Å². The molecule has 30 heavy (non-hydrogen) atoms. The van der Waals surface area contributed by atoms with Crippen molar-refractivity contribution >= 4 is 29.3 Å². The van der Waals surface area contributed by atoms with Crippen molar-refractivity contribution in [3.63, 3.8) is 0 Å². The Bertz CT molecular complexity index is 874. The van der Waals surface area contributed by atoms with Crippen LogP contribution in [0.3, 0.4) is 0 Å². The number of hydrogen-bond acceptors (Lipinski definition) is 6. The molecule has 2 aliphatic carbocycles. The van der Waals surface area contributed by atoms with Crippen LogP contribution < -0.4 is 10.6 Å². The Morgan fingerprint density at radius 2 is 1.77 bits per heavy atom.